The molecule has 4 heterocycles. The van der Waals surface area contributed by atoms with Crippen LogP contribution in [0.3, 0.4) is 0 Å². The van der Waals surface area contributed by atoms with E-state index in [0.29, 0.717) is 49.4 Å². The number of anilines is 1. The quantitative estimate of drug-likeness (QED) is 0.486. The lowest BCUT2D eigenvalue weighted by atomic mass is 10.2. The van der Waals surface area contributed by atoms with Crippen LogP contribution in [0.25, 0.3) is 16.6 Å². The number of piperazine rings is 1. The van der Waals surface area contributed by atoms with Gasteiger partial charge in [-0.15, -0.1) is 5.10 Å². The fraction of sp³-hybridized carbons (Fsp3) is 0.368. The lowest BCUT2D eigenvalue weighted by Gasteiger charge is -2.34. The number of aromatic nitrogens is 5. The molecule has 1 fully saturated rings. The van der Waals surface area contributed by atoms with E-state index >= 15 is 0 Å². The molecule has 1 aromatic carbocycles. The summed E-state index contributed by atoms with van der Waals surface area (Å²) in [4.78, 5) is 11.6. The topological polar surface area (TPSA) is 110 Å². The minimum Gasteiger partial charge on any atom is -0.360 e. The van der Waals surface area contributed by atoms with Crippen LogP contribution in [0.4, 0.5) is 5.95 Å². The summed E-state index contributed by atoms with van der Waals surface area (Å²) in [5.41, 5.74) is 1.96. The molecule has 30 heavy (non-hydrogen) atoms. The summed E-state index contributed by atoms with van der Waals surface area (Å²) in [5.74, 6) is 1.64. The summed E-state index contributed by atoms with van der Waals surface area (Å²) in [5, 5.41) is 9.24. The van der Waals surface area contributed by atoms with Crippen molar-refractivity contribution in [3.05, 3.63) is 41.5 Å². The Labute approximate surface area is 173 Å². The van der Waals surface area contributed by atoms with Crippen molar-refractivity contribution in [2.45, 2.75) is 25.7 Å². The van der Waals surface area contributed by atoms with Crippen LogP contribution in [0.5, 0.6) is 0 Å². The lowest BCUT2D eigenvalue weighted by Crippen LogP contribution is -2.49. The van der Waals surface area contributed by atoms with E-state index in [9.17, 15) is 8.42 Å². The predicted octanol–water partition coefficient (Wildman–Crippen LogP) is 1.70. The first kappa shape index (κ1) is 18.9. The number of hydrogen-bond donors (Lipinski definition) is 0. The maximum Gasteiger partial charge on any atom is 0.248 e. The monoisotopic (exact) mass is 427 g/mol. The van der Waals surface area contributed by atoms with Crippen LogP contribution in [-0.2, 0) is 10.0 Å². The fourth-order valence-electron chi connectivity index (χ4n) is 3.95. The van der Waals surface area contributed by atoms with Crippen LogP contribution in [-0.4, -0.2) is 63.6 Å². The molecule has 0 bridgehead atoms. The zero-order valence-electron chi connectivity index (χ0n) is 16.9. The molecule has 0 aliphatic carbocycles. The number of rotatable bonds is 3. The predicted molar refractivity (Wildman–Crippen MR) is 110 cm³/mol. The van der Waals surface area contributed by atoms with Crippen LogP contribution in [0.15, 0.2) is 33.7 Å². The Hall–Kier alpha value is -3.05. The van der Waals surface area contributed by atoms with Gasteiger partial charge in [-0.3, -0.25) is 0 Å². The molecular weight excluding hydrogens is 406 g/mol. The minimum atomic E-state index is -3.66. The van der Waals surface area contributed by atoms with Crippen molar-refractivity contribution in [3.63, 3.8) is 0 Å². The molecule has 0 radical (unpaired) electrons. The summed E-state index contributed by atoms with van der Waals surface area (Å²) in [7, 11) is -3.66. The van der Waals surface area contributed by atoms with Crippen molar-refractivity contribution in [2.24, 2.45) is 0 Å². The van der Waals surface area contributed by atoms with Crippen molar-refractivity contribution in [1.29, 1.82) is 0 Å². The average Bonchev–Trinajstić information content (AvgIpc) is 3.29. The second-order valence-electron chi connectivity index (χ2n) is 7.37. The molecule has 0 spiro atoms. The van der Waals surface area contributed by atoms with Gasteiger partial charge in [-0.05, 0) is 32.9 Å². The van der Waals surface area contributed by atoms with Gasteiger partial charge in [0.15, 0.2) is 11.4 Å². The highest BCUT2D eigenvalue weighted by atomic mass is 32.2. The zero-order valence-corrected chi connectivity index (χ0v) is 17.7. The van der Waals surface area contributed by atoms with Crippen molar-refractivity contribution in [3.8, 4) is 0 Å². The molecule has 1 aliphatic heterocycles. The molecule has 10 nitrogen and oxygen atoms in total. The maximum atomic E-state index is 13.1. The van der Waals surface area contributed by atoms with Gasteiger partial charge in [0.05, 0.1) is 5.52 Å². The molecule has 5 rings (SSSR count). The number of aryl methyl sites for hydroxylation is 3. The number of sulfonamides is 1. The van der Waals surface area contributed by atoms with Gasteiger partial charge in [0.25, 0.3) is 0 Å². The SMILES string of the molecule is Cc1nc2c3ccccc3nc(N3CCN(S(=O)(=O)c4c(C)noc4C)CC3)n2n1. The van der Waals surface area contributed by atoms with Gasteiger partial charge in [0, 0.05) is 31.6 Å². The van der Waals surface area contributed by atoms with E-state index < -0.39 is 10.0 Å². The molecule has 1 aliphatic rings. The van der Waals surface area contributed by atoms with Crippen molar-refractivity contribution < 1.29 is 12.9 Å². The largest absolute Gasteiger partial charge is 0.360 e. The molecule has 156 valence electrons. The second kappa shape index (κ2) is 6.74. The highest BCUT2D eigenvalue weighted by molar-refractivity contribution is 7.89. The van der Waals surface area contributed by atoms with E-state index in [1.54, 1.807) is 18.4 Å². The summed E-state index contributed by atoms with van der Waals surface area (Å²) in [6.45, 7) is 6.74. The fourth-order valence-corrected chi connectivity index (χ4v) is 5.66. The molecule has 3 aromatic heterocycles. The van der Waals surface area contributed by atoms with Crippen LogP contribution < -0.4 is 4.90 Å². The first-order valence-electron chi connectivity index (χ1n) is 9.66. The van der Waals surface area contributed by atoms with Crippen LogP contribution in [0, 0.1) is 20.8 Å². The smallest absolute Gasteiger partial charge is 0.248 e. The zero-order chi connectivity index (χ0) is 21.0. The summed E-state index contributed by atoms with van der Waals surface area (Å²) in [6.07, 6.45) is 0. The molecule has 1 saturated heterocycles. The normalized spacial score (nSPS) is 16.0. The van der Waals surface area contributed by atoms with Crippen molar-refractivity contribution >= 4 is 32.5 Å². The number of nitrogens with zero attached hydrogens (tertiary/aromatic N) is 7. The summed E-state index contributed by atoms with van der Waals surface area (Å²) in [6, 6.07) is 7.81. The summed E-state index contributed by atoms with van der Waals surface area (Å²) >= 11 is 0. The molecule has 0 unspecified atom stereocenters. The number of para-hydroxylation sites is 1. The summed E-state index contributed by atoms with van der Waals surface area (Å²) < 4.78 is 34.5. The van der Waals surface area contributed by atoms with Crippen molar-refractivity contribution in [2.75, 3.05) is 31.1 Å². The molecule has 4 aromatic rings. The highest BCUT2D eigenvalue weighted by Gasteiger charge is 2.34. The molecule has 11 heteroatoms. The molecule has 0 amide bonds. The van der Waals surface area contributed by atoms with E-state index in [4.69, 9.17) is 9.51 Å². The molecular formula is C19H21N7O3S. The minimum absolute atomic E-state index is 0.161. The first-order chi connectivity index (χ1) is 14.4. The van der Waals surface area contributed by atoms with Crippen molar-refractivity contribution in [1.82, 2.24) is 29.0 Å². The van der Waals surface area contributed by atoms with E-state index in [2.05, 4.69) is 15.2 Å². The Morgan fingerprint density at radius 1 is 1.00 bits per heavy atom. The Morgan fingerprint density at radius 3 is 2.43 bits per heavy atom. The third-order valence-electron chi connectivity index (χ3n) is 5.36. The Balaban J connectivity index is 1.48. The highest BCUT2D eigenvalue weighted by Crippen LogP contribution is 2.27. The van der Waals surface area contributed by atoms with Gasteiger partial charge in [0.1, 0.15) is 16.4 Å². The van der Waals surface area contributed by atoms with Gasteiger partial charge in [-0.1, -0.05) is 17.3 Å². The molecule has 0 N–H and O–H groups in total. The number of hydrogen-bond acceptors (Lipinski definition) is 8. The number of fused-ring (bicyclic) bond motifs is 3. The second-order valence-corrected chi connectivity index (χ2v) is 9.24. The third-order valence-corrected chi connectivity index (χ3v) is 7.50. The maximum absolute atomic E-state index is 13.1. The number of benzene rings is 1. The Morgan fingerprint density at radius 2 is 1.73 bits per heavy atom. The van der Waals surface area contributed by atoms with E-state index in [-0.39, 0.29) is 4.90 Å². The van der Waals surface area contributed by atoms with Crippen LogP contribution >= 0.6 is 0 Å². The molecule has 0 atom stereocenters. The van der Waals surface area contributed by atoms with Crippen LogP contribution in [0.1, 0.15) is 17.3 Å². The van der Waals surface area contributed by atoms with E-state index in [1.807, 2.05) is 36.1 Å². The molecule has 0 saturated carbocycles. The first-order valence-corrected chi connectivity index (χ1v) is 11.1. The van der Waals surface area contributed by atoms with Gasteiger partial charge in [-0.25, -0.2) is 18.4 Å². The lowest BCUT2D eigenvalue weighted by molar-refractivity contribution is 0.376. The van der Waals surface area contributed by atoms with Crippen LogP contribution in [0.2, 0.25) is 0 Å². The Kier molecular flexibility index (Phi) is 4.26. The van der Waals surface area contributed by atoms with Gasteiger partial charge in [-0.2, -0.15) is 8.82 Å². The van der Waals surface area contributed by atoms with E-state index in [1.165, 1.54) is 4.31 Å². The van der Waals surface area contributed by atoms with Gasteiger partial charge >= 0.3 is 0 Å². The van der Waals surface area contributed by atoms with Gasteiger partial charge in [0.2, 0.25) is 16.0 Å². The third kappa shape index (κ3) is 2.84. The standard InChI is InChI=1S/C19H21N7O3S/c1-12-17(13(2)29-23-12)30(27,28)25-10-8-24(9-11-25)19-21-16-7-5-4-6-15(16)18-20-14(3)22-26(18)19/h4-7H,8-11H2,1-3H3. The Bertz CT molecular complexity index is 1350. The van der Waals surface area contributed by atoms with E-state index in [0.717, 1.165) is 16.6 Å². The van der Waals surface area contributed by atoms with Gasteiger partial charge < -0.3 is 9.42 Å². The average molecular weight is 427 g/mol.